The van der Waals surface area contributed by atoms with Crippen LogP contribution in [0.5, 0.6) is 0 Å². The van der Waals surface area contributed by atoms with Crippen LogP contribution in [0.4, 0.5) is 0 Å². The lowest BCUT2D eigenvalue weighted by molar-refractivity contribution is -0.158. The molecule has 0 aliphatic heterocycles. The summed E-state index contributed by atoms with van der Waals surface area (Å²) in [5.41, 5.74) is -0.358. The number of hydrogen-bond donors (Lipinski definition) is 0. The number of carbonyl (C=O) groups excluding carboxylic acids is 1. The van der Waals surface area contributed by atoms with Gasteiger partial charge in [0.15, 0.2) is 0 Å². The quantitative estimate of drug-likeness (QED) is 0.595. The van der Waals surface area contributed by atoms with Crippen LogP contribution < -0.4 is 0 Å². The van der Waals surface area contributed by atoms with Crippen molar-refractivity contribution in [3.05, 3.63) is 0 Å². The van der Waals surface area contributed by atoms with Gasteiger partial charge in [-0.25, -0.2) is 0 Å². The number of esters is 1. The topological polar surface area (TPSA) is 26.3 Å². The predicted octanol–water partition coefficient (Wildman–Crippen LogP) is 2.37. The Balaban J connectivity index is 2.34. The zero-order valence-electron chi connectivity index (χ0n) is 8.39. The van der Waals surface area contributed by atoms with Crippen LogP contribution in [0, 0.1) is 11.3 Å². The van der Waals surface area contributed by atoms with Crippen molar-refractivity contribution in [1.82, 2.24) is 0 Å². The Morgan fingerprint density at radius 2 is 1.92 bits per heavy atom. The molecule has 0 bridgehead atoms. The third-order valence-corrected chi connectivity index (χ3v) is 2.19. The molecule has 0 amide bonds. The van der Waals surface area contributed by atoms with Crippen LogP contribution in [0.2, 0.25) is 0 Å². The fourth-order valence-electron chi connectivity index (χ4n) is 1.01. The van der Waals surface area contributed by atoms with Gasteiger partial charge >= 0.3 is 5.97 Å². The van der Waals surface area contributed by atoms with E-state index in [0.29, 0.717) is 5.92 Å². The molecule has 1 unspecified atom stereocenters. The number of carbonyl (C=O) groups is 1. The second-order valence-electron chi connectivity index (χ2n) is 4.70. The van der Waals surface area contributed by atoms with Crippen LogP contribution in [0.1, 0.15) is 40.5 Å². The monoisotopic (exact) mass is 170 g/mol. The maximum atomic E-state index is 11.4. The maximum absolute atomic E-state index is 11.4. The molecule has 2 nitrogen and oxygen atoms in total. The Morgan fingerprint density at radius 1 is 1.42 bits per heavy atom. The highest BCUT2D eigenvalue weighted by Crippen LogP contribution is 2.34. The van der Waals surface area contributed by atoms with Crippen LogP contribution in [0.15, 0.2) is 0 Å². The van der Waals surface area contributed by atoms with E-state index in [2.05, 4.69) is 0 Å². The first kappa shape index (κ1) is 9.56. The molecule has 1 rings (SSSR count). The van der Waals surface area contributed by atoms with Gasteiger partial charge in [0.25, 0.3) is 0 Å². The van der Waals surface area contributed by atoms with Crippen LogP contribution >= 0.6 is 0 Å². The van der Waals surface area contributed by atoms with Gasteiger partial charge in [0.1, 0.15) is 6.10 Å². The van der Waals surface area contributed by atoms with Crippen molar-refractivity contribution in [2.24, 2.45) is 11.3 Å². The Kier molecular flexibility index (Phi) is 2.45. The minimum absolute atomic E-state index is 0.0816. The molecular weight excluding hydrogens is 152 g/mol. The second-order valence-corrected chi connectivity index (χ2v) is 4.70. The third-order valence-electron chi connectivity index (χ3n) is 2.19. The average Bonchev–Trinajstić information content (AvgIpc) is 2.65. The lowest BCUT2D eigenvalue weighted by atomic mass is 9.97. The van der Waals surface area contributed by atoms with Crippen molar-refractivity contribution in [3.8, 4) is 0 Å². The van der Waals surface area contributed by atoms with Gasteiger partial charge in [0.2, 0.25) is 0 Å². The zero-order chi connectivity index (χ0) is 9.35. The molecule has 1 fully saturated rings. The zero-order valence-corrected chi connectivity index (χ0v) is 8.39. The van der Waals surface area contributed by atoms with Crippen LogP contribution in [0.3, 0.4) is 0 Å². The molecule has 0 aromatic heterocycles. The summed E-state index contributed by atoms with van der Waals surface area (Å²) in [5.74, 6) is 0.554. The van der Waals surface area contributed by atoms with Crippen LogP contribution in [0.25, 0.3) is 0 Å². The molecule has 12 heavy (non-hydrogen) atoms. The highest BCUT2D eigenvalue weighted by atomic mass is 16.5. The minimum atomic E-state index is -0.358. The van der Waals surface area contributed by atoms with E-state index in [1.165, 1.54) is 12.8 Å². The smallest absolute Gasteiger partial charge is 0.311 e. The molecular formula is C10H18O2. The fraction of sp³-hybridized carbons (Fsp3) is 0.900. The maximum Gasteiger partial charge on any atom is 0.311 e. The highest BCUT2D eigenvalue weighted by Gasteiger charge is 2.33. The summed E-state index contributed by atoms with van der Waals surface area (Å²) in [4.78, 5) is 11.4. The standard InChI is InChI=1S/C10H18O2/c1-7(8-5-6-8)12-9(11)10(2,3)4/h7-8H,5-6H2,1-4H3. The first-order valence-corrected chi connectivity index (χ1v) is 4.62. The van der Waals surface area contributed by atoms with Gasteiger partial charge in [0.05, 0.1) is 5.41 Å². The van der Waals surface area contributed by atoms with Crippen molar-refractivity contribution < 1.29 is 9.53 Å². The van der Waals surface area contributed by atoms with Crippen LogP contribution in [-0.4, -0.2) is 12.1 Å². The van der Waals surface area contributed by atoms with Gasteiger partial charge in [-0.15, -0.1) is 0 Å². The summed E-state index contributed by atoms with van der Waals surface area (Å²) in [6, 6.07) is 0. The first-order chi connectivity index (χ1) is 5.41. The van der Waals surface area contributed by atoms with E-state index >= 15 is 0 Å². The van der Waals surface area contributed by atoms with E-state index in [0.717, 1.165) is 0 Å². The summed E-state index contributed by atoms with van der Waals surface area (Å²) in [5, 5.41) is 0. The van der Waals surface area contributed by atoms with Crippen molar-refractivity contribution in [2.75, 3.05) is 0 Å². The predicted molar refractivity (Wildman–Crippen MR) is 47.7 cm³/mol. The number of ether oxygens (including phenoxy) is 1. The molecule has 0 saturated heterocycles. The lowest BCUT2D eigenvalue weighted by Gasteiger charge is -2.20. The minimum Gasteiger partial charge on any atom is -0.462 e. The van der Waals surface area contributed by atoms with Gasteiger partial charge in [-0.2, -0.15) is 0 Å². The number of hydrogen-bond acceptors (Lipinski definition) is 2. The van der Waals surface area contributed by atoms with Crippen LogP contribution in [-0.2, 0) is 9.53 Å². The average molecular weight is 170 g/mol. The van der Waals surface area contributed by atoms with E-state index < -0.39 is 0 Å². The Morgan fingerprint density at radius 3 is 2.25 bits per heavy atom. The van der Waals surface area contributed by atoms with Gasteiger partial charge < -0.3 is 4.74 Å². The lowest BCUT2D eigenvalue weighted by Crippen LogP contribution is -2.27. The SMILES string of the molecule is CC(OC(=O)C(C)(C)C)C1CC1. The molecule has 1 saturated carbocycles. The largest absolute Gasteiger partial charge is 0.462 e. The van der Waals surface area contributed by atoms with Crippen molar-refractivity contribution in [1.29, 1.82) is 0 Å². The van der Waals surface area contributed by atoms with Crippen molar-refractivity contribution >= 4 is 5.97 Å². The molecule has 0 heterocycles. The summed E-state index contributed by atoms with van der Waals surface area (Å²) >= 11 is 0. The normalized spacial score (nSPS) is 20.3. The van der Waals surface area contributed by atoms with E-state index in [-0.39, 0.29) is 17.5 Å². The Labute approximate surface area is 74.3 Å². The fourth-order valence-corrected chi connectivity index (χ4v) is 1.01. The molecule has 70 valence electrons. The van der Waals surface area contributed by atoms with E-state index in [9.17, 15) is 4.79 Å². The van der Waals surface area contributed by atoms with Gasteiger partial charge in [-0.05, 0) is 46.5 Å². The second kappa shape index (κ2) is 3.08. The Bertz CT molecular complexity index is 175. The van der Waals surface area contributed by atoms with Crippen molar-refractivity contribution in [2.45, 2.75) is 46.6 Å². The summed E-state index contributed by atoms with van der Waals surface area (Å²) in [6.07, 6.45) is 2.56. The molecule has 0 spiro atoms. The summed E-state index contributed by atoms with van der Waals surface area (Å²) < 4.78 is 5.30. The summed E-state index contributed by atoms with van der Waals surface area (Å²) in [7, 11) is 0. The Hall–Kier alpha value is -0.530. The van der Waals surface area contributed by atoms with E-state index in [4.69, 9.17) is 4.74 Å². The highest BCUT2D eigenvalue weighted by molar-refractivity contribution is 5.75. The molecule has 1 aliphatic rings. The molecule has 0 N–H and O–H groups in total. The third kappa shape index (κ3) is 2.50. The summed E-state index contributed by atoms with van der Waals surface area (Å²) in [6.45, 7) is 7.64. The van der Waals surface area contributed by atoms with E-state index in [1.807, 2.05) is 27.7 Å². The molecule has 1 atom stereocenters. The van der Waals surface area contributed by atoms with Crippen molar-refractivity contribution in [3.63, 3.8) is 0 Å². The molecule has 2 heteroatoms. The first-order valence-electron chi connectivity index (χ1n) is 4.62. The van der Waals surface area contributed by atoms with Gasteiger partial charge in [-0.3, -0.25) is 4.79 Å². The van der Waals surface area contributed by atoms with Gasteiger partial charge in [-0.1, -0.05) is 0 Å². The molecule has 0 aromatic carbocycles. The van der Waals surface area contributed by atoms with Gasteiger partial charge in [0, 0.05) is 0 Å². The molecule has 1 aliphatic carbocycles. The molecule has 0 radical (unpaired) electrons. The molecule has 0 aromatic rings. The number of rotatable bonds is 2. The van der Waals surface area contributed by atoms with E-state index in [1.54, 1.807) is 0 Å².